The molecule has 4 heteroatoms. The molecule has 2 unspecified atom stereocenters. The number of hydrogen-bond acceptors (Lipinski definition) is 3. The Balaban J connectivity index is 2.37. The van der Waals surface area contributed by atoms with Crippen LogP contribution in [0.2, 0.25) is 0 Å². The van der Waals surface area contributed by atoms with Crippen molar-refractivity contribution in [3.8, 4) is 0 Å². The van der Waals surface area contributed by atoms with Crippen LogP contribution in [0.15, 0.2) is 6.20 Å². The van der Waals surface area contributed by atoms with Gasteiger partial charge in [-0.2, -0.15) is 0 Å². The number of aryl methyl sites for hydroxylation is 1. The van der Waals surface area contributed by atoms with Crippen LogP contribution in [0.3, 0.4) is 0 Å². The fraction of sp³-hybridized carbons (Fsp3) is 0.800. The lowest BCUT2D eigenvalue weighted by Crippen LogP contribution is -2.24. The normalized spacial score (nSPS) is 15.4. The molecule has 14 heavy (non-hydrogen) atoms. The first-order chi connectivity index (χ1) is 6.61. The standard InChI is InChI=1S/C10H20N4/c1-8(5-9(2)11-3)6-10-7-14(4)13-12-10/h7-9,11H,5-6H2,1-4H3. The van der Waals surface area contributed by atoms with E-state index in [-0.39, 0.29) is 0 Å². The summed E-state index contributed by atoms with van der Waals surface area (Å²) in [7, 11) is 3.90. The van der Waals surface area contributed by atoms with Gasteiger partial charge >= 0.3 is 0 Å². The zero-order valence-corrected chi connectivity index (χ0v) is 9.49. The third kappa shape index (κ3) is 3.46. The summed E-state index contributed by atoms with van der Waals surface area (Å²) in [5, 5.41) is 11.2. The molecule has 80 valence electrons. The second-order valence-electron chi connectivity index (χ2n) is 4.12. The van der Waals surface area contributed by atoms with E-state index < -0.39 is 0 Å². The highest BCUT2D eigenvalue weighted by Gasteiger charge is 2.09. The second kappa shape index (κ2) is 5.10. The number of hydrogen-bond donors (Lipinski definition) is 1. The van der Waals surface area contributed by atoms with Crippen LogP contribution in [0, 0.1) is 5.92 Å². The van der Waals surface area contributed by atoms with E-state index >= 15 is 0 Å². The molecule has 0 aliphatic rings. The van der Waals surface area contributed by atoms with E-state index in [4.69, 9.17) is 0 Å². The molecule has 0 saturated carbocycles. The Morgan fingerprint density at radius 2 is 2.21 bits per heavy atom. The van der Waals surface area contributed by atoms with Crippen LogP contribution in [0.25, 0.3) is 0 Å². The van der Waals surface area contributed by atoms with Gasteiger partial charge in [0.2, 0.25) is 0 Å². The van der Waals surface area contributed by atoms with Gasteiger partial charge in [0.15, 0.2) is 0 Å². The van der Waals surface area contributed by atoms with Crippen LogP contribution >= 0.6 is 0 Å². The van der Waals surface area contributed by atoms with Crippen molar-refractivity contribution in [2.24, 2.45) is 13.0 Å². The summed E-state index contributed by atoms with van der Waals surface area (Å²) in [5.74, 6) is 0.647. The van der Waals surface area contributed by atoms with E-state index in [9.17, 15) is 0 Å². The minimum atomic E-state index is 0.571. The molecule has 0 aliphatic carbocycles. The molecule has 1 rings (SSSR count). The molecular weight excluding hydrogens is 176 g/mol. The molecule has 0 spiro atoms. The van der Waals surface area contributed by atoms with E-state index in [1.807, 2.05) is 20.3 Å². The Bertz CT molecular complexity index is 269. The van der Waals surface area contributed by atoms with Gasteiger partial charge in [0.05, 0.1) is 5.69 Å². The monoisotopic (exact) mass is 196 g/mol. The Labute approximate surface area is 85.7 Å². The lowest BCUT2D eigenvalue weighted by Gasteiger charge is -2.15. The molecule has 0 saturated heterocycles. The molecule has 1 aromatic heterocycles. The molecule has 0 bridgehead atoms. The number of nitrogens with one attached hydrogen (secondary N) is 1. The zero-order chi connectivity index (χ0) is 10.6. The van der Waals surface area contributed by atoms with Gasteiger partial charge in [-0.3, -0.25) is 4.68 Å². The van der Waals surface area contributed by atoms with Gasteiger partial charge in [0.25, 0.3) is 0 Å². The Kier molecular flexibility index (Phi) is 4.07. The van der Waals surface area contributed by atoms with E-state index in [2.05, 4.69) is 29.5 Å². The first-order valence-electron chi connectivity index (χ1n) is 5.14. The molecule has 0 aromatic carbocycles. The minimum Gasteiger partial charge on any atom is -0.317 e. The highest BCUT2D eigenvalue weighted by molar-refractivity contribution is 4.93. The van der Waals surface area contributed by atoms with Crippen LogP contribution in [0.4, 0.5) is 0 Å². The fourth-order valence-electron chi connectivity index (χ4n) is 1.65. The SMILES string of the molecule is CNC(C)CC(C)Cc1cn(C)nn1. The van der Waals surface area contributed by atoms with Gasteiger partial charge in [0, 0.05) is 19.3 Å². The van der Waals surface area contributed by atoms with Gasteiger partial charge in [-0.1, -0.05) is 12.1 Å². The Morgan fingerprint density at radius 3 is 2.71 bits per heavy atom. The highest BCUT2D eigenvalue weighted by Crippen LogP contribution is 2.11. The summed E-state index contributed by atoms with van der Waals surface area (Å²) < 4.78 is 1.75. The number of nitrogens with zero attached hydrogens (tertiary/aromatic N) is 3. The van der Waals surface area contributed by atoms with E-state index in [0.717, 1.165) is 12.1 Å². The topological polar surface area (TPSA) is 42.7 Å². The molecule has 0 fully saturated rings. The maximum Gasteiger partial charge on any atom is 0.0829 e. The summed E-state index contributed by atoms with van der Waals surface area (Å²) in [4.78, 5) is 0. The largest absolute Gasteiger partial charge is 0.317 e. The summed E-state index contributed by atoms with van der Waals surface area (Å²) in [5.41, 5.74) is 1.09. The quantitative estimate of drug-likeness (QED) is 0.763. The lowest BCUT2D eigenvalue weighted by atomic mass is 9.98. The van der Waals surface area contributed by atoms with Gasteiger partial charge in [-0.25, -0.2) is 0 Å². The summed E-state index contributed by atoms with van der Waals surface area (Å²) in [6, 6.07) is 0.571. The number of aromatic nitrogens is 3. The smallest absolute Gasteiger partial charge is 0.0829 e. The van der Waals surface area contributed by atoms with Crippen LogP contribution in [-0.4, -0.2) is 28.1 Å². The lowest BCUT2D eigenvalue weighted by molar-refractivity contribution is 0.437. The Hall–Kier alpha value is -0.900. The maximum atomic E-state index is 4.08. The van der Waals surface area contributed by atoms with Crippen molar-refractivity contribution in [2.45, 2.75) is 32.7 Å². The van der Waals surface area contributed by atoms with E-state index in [0.29, 0.717) is 12.0 Å². The van der Waals surface area contributed by atoms with Crippen LogP contribution < -0.4 is 5.32 Å². The fourth-order valence-corrected chi connectivity index (χ4v) is 1.65. The summed E-state index contributed by atoms with van der Waals surface area (Å²) in [6.45, 7) is 4.45. The van der Waals surface area contributed by atoms with Crippen molar-refractivity contribution in [3.63, 3.8) is 0 Å². The summed E-state index contributed by atoms with van der Waals surface area (Å²) in [6.07, 6.45) is 4.17. The van der Waals surface area contributed by atoms with Gasteiger partial charge in [-0.05, 0) is 32.7 Å². The molecule has 0 radical (unpaired) electrons. The van der Waals surface area contributed by atoms with Crippen molar-refractivity contribution in [3.05, 3.63) is 11.9 Å². The van der Waals surface area contributed by atoms with Gasteiger partial charge in [0.1, 0.15) is 0 Å². The number of rotatable bonds is 5. The van der Waals surface area contributed by atoms with Crippen molar-refractivity contribution in [1.29, 1.82) is 0 Å². The average molecular weight is 196 g/mol. The average Bonchev–Trinajstić information content (AvgIpc) is 2.50. The van der Waals surface area contributed by atoms with Gasteiger partial charge < -0.3 is 5.32 Å². The first kappa shape index (κ1) is 11.2. The minimum absolute atomic E-state index is 0.571. The van der Waals surface area contributed by atoms with Crippen LogP contribution in [-0.2, 0) is 13.5 Å². The molecule has 1 heterocycles. The zero-order valence-electron chi connectivity index (χ0n) is 9.49. The molecular formula is C10H20N4. The molecule has 0 aliphatic heterocycles. The predicted molar refractivity (Wildman–Crippen MR) is 57.0 cm³/mol. The first-order valence-corrected chi connectivity index (χ1v) is 5.14. The van der Waals surface area contributed by atoms with Crippen molar-refractivity contribution >= 4 is 0 Å². The molecule has 1 aromatic rings. The molecule has 4 nitrogen and oxygen atoms in total. The van der Waals surface area contributed by atoms with Crippen LogP contribution in [0.1, 0.15) is 26.0 Å². The van der Waals surface area contributed by atoms with Crippen LogP contribution in [0.5, 0.6) is 0 Å². The highest BCUT2D eigenvalue weighted by atomic mass is 15.4. The van der Waals surface area contributed by atoms with E-state index in [1.54, 1.807) is 4.68 Å². The maximum absolute atomic E-state index is 4.08. The molecule has 0 amide bonds. The second-order valence-corrected chi connectivity index (χ2v) is 4.12. The van der Waals surface area contributed by atoms with E-state index in [1.165, 1.54) is 6.42 Å². The predicted octanol–water partition coefficient (Wildman–Crippen LogP) is 0.992. The van der Waals surface area contributed by atoms with Crippen molar-refractivity contribution in [2.75, 3.05) is 7.05 Å². The molecule has 2 atom stereocenters. The molecule has 1 N–H and O–H groups in total. The third-order valence-electron chi connectivity index (χ3n) is 2.46. The Morgan fingerprint density at radius 1 is 1.50 bits per heavy atom. The third-order valence-corrected chi connectivity index (χ3v) is 2.46. The van der Waals surface area contributed by atoms with Crippen molar-refractivity contribution < 1.29 is 0 Å². The van der Waals surface area contributed by atoms with Gasteiger partial charge in [-0.15, -0.1) is 5.10 Å². The van der Waals surface area contributed by atoms with Crippen molar-refractivity contribution in [1.82, 2.24) is 20.3 Å². The summed E-state index contributed by atoms with van der Waals surface area (Å²) >= 11 is 0.